The fourth-order valence-corrected chi connectivity index (χ4v) is 5.56. The van der Waals surface area contributed by atoms with Gasteiger partial charge < -0.3 is 4.90 Å². The second-order valence-corrected chi connectivity index (χ2v) is 10.2. The van der Waals surface area contributed by atoms with Crippen molar-refractivity contribution in [3.05, 3.63) is 176 Å². The second-order valence-electron chi connectivity index (χ2n) is 10.2. The van der Waals surface area contributed by atoms with Crippen LogP contribution < -0.4 is 4.90 Å². The Kier molecular flexibility index (Phi) is 6.61. The molecule has 0 unspecified atom stereocenters. The van der Waals surface area contributed by atoms with E-state index in [1.807, 2.05) is 0 Å². The highest BCUT2D eigenvalue weighted by Gasteiger charge is 2.18. The molecule has 0 atom stereocenters. The lowest BCUT2D eigenvalue weighted by Crippen LogP contribution is -2.11. The zero-order valence-corrected chi connectivity index (χ0v) is 22.7. The summed E-state index contributed by atoms with van der Waals surface area (Å²) in [5.74, 6) is 0. The van der Waals surface area contributed by atoms with Gasteiger partial charge in [-0.1, -0.05) is 140 Å². The molecule has 0 aliphatic heterocycles. The van der Waals surface area contributed by atoms with E-state index in [-0.39, 0.29) is 0 Å². The zero-order valence-electron chi connectivity index (χ0n) is 22.7. The number of anilines is 3. The van der Waals surface area contributed by atoms with Crippen molar-refractivity contribution in [2.45, 2.75) is 0 Å². The number of fused-ring (bicyclic) bond motifs is 1. The van der Waals surface area contributed by atoms with Crippen molar-refractivity contribution < 1.29 is 0 Å². The first-order chi connectivity index (χ1) is 20.3. The summed E-state index contributed by atoms with van der Waals surface area (Å²) in [5.41, 5.74) is 10.6. The van der Waals surface area contributed by atoms with Gasteiger partial charge in [0.1, 0.15) is 0 Å². The van der Waals surface area contributed by atoms with Crippen LogP contribution in [-0.4, -0.2) is 0 Å². The Hall–Kier alpha value is -5.40. The molecule has 0 radical (unpaired) electrons. The lowest BCUT2D eigenvalue weighted by molar-refractivity contribution is 1.28. The molecular formula is C40H29N. The van der Waals surface area contributed by atoms with Gasteiger partial charge in [0.2, 0.25) is 0 Å². The number of rotatable bonds is 6. The van der Waals surface area contributed by atoms with Crippen LogP contribution in [0.2, 0.25) is 0 Å². The molecule has 1 nitrogen and oxygen atoms in total. The molecule has 0 fully saturated rings. The van der Waals surface area contributed by atoms with Gasteiger partial charge in [-0.05, 0) is 75.0 Å². The lowest BCUT2D eigenvalue weighted by atomic mass is 9.95. The standard InChI is InChI=1S/C40H29N/c1-4-12-30(13-5-1)32-22-25-38(26-23-32)41(37-18-8-3-9-19-37)40-29-36(24-27-39(40)33-15-6-2-7-16-33)35-21-20-31-14-10-11-17-34(31)28-35/h1-29H. The number of hydrogen-bond acceptors (Lipinski definition) is 1. The first-order valence-corrected chi connectivity index (χ1v) is 14.0. The maximum absolute atomic E-state index is 2.38. The minimum atomic E-state index is 1.11. The molecule has 0 spiro atoms. The van der Waals surface area contributed by atoms with Crippen LogP contribution in [0, 0.1) is 0 Å². The summed E-state index contributed by atoms with van der Waals surface area (Å²) in [7, 11) is 0. The van der Waals surface area contributed by atoms with E-state index < -0.39 is 0 Å². The molecule has 7 rings (SSSR count). The van der Waals surface area contributed by atoms with Gasteiger partial charge in [0, 0.05) is 16.9 Å². The van der Waals surface area contributed by atoms with Gasteiger partial charge >= 0.3 is 0 Å². The minimum absolute atomic E-state index is 1.11. The number of nitrogens with zero attached hydrogens (tertiary/aromatic N) is 1. The van der Waals surface area contributed by atoms with Gasteiger partial charge in [0.25, 0.3) is 0 Å². The van der Waals surface area contributed by atoms with Gasteiger partial charge in [-0.15, -0.1) is 0 Å². The molecular weight excluding hydrogens is 494 g/mol. The predicted molar refractivity (Wildman–Crippen MR) is 175 cm³/mol. The highest BCUT2D eigenvalue weighted by Crippen LogP contribution is 2.43. The van der Waals surface area contributed by atoms with Crippen LogP contribution >= 0.6 is 0 Å². The lowest BCUT2D eigenvalue weighted by Gasteiger charge is -2.28. The van der Waals surface area contributed by atoms with Crippen molar-refractivity contribution in [1.82, 2.24) is 0 Å². The van der Waals surface area contributed by atoms with E-state index in [0.29, 0.717) is 0 Å². The summed E-state index contributed by atoms with van der Waals surface area (Å²) in [6.07, 6.45) is 0. The summed E-state index contributed by atoms with van der Waals surface area (Å²) >= 11 is 0. The zero-order chi connectivity index (χ0) is 27.4. The van der Waals surface area contributed by atoms with Crippen LogP contribution in [0.4, 0.5) is 17.1 Å². The molecule has 0 amide bonds. The van der Waals surface area contributed by atoms with Crippen LogP contribution in [0.3, 0.4) is 0 Å². The van der Waals surface area contributed by atoms with Gasteiger partial charge in [0.05, 0.1) is 5.69 Å². The van der Waals surface area contributed by atoms with Crippen molar-refractivity contribution in [2.24, 2.45) is 0 Å². The Labute approximate surface area is 241 Å². The largest absolute Gasteiger partial charge is 0.310 e. The maximum atomic E-state index is 2.38. The molecule has 0 aliphatic carbocycles. The monoisotopic (exact) mass is 523 g/mol. The van der Waals surface area contributed by atoms with E-state index in [9.17, 15) is 0 Å². The molecule has 0 heterocycles. The van der Waals surface area contributed by atoms with E-state index in [1.165, 1.54) is 44.2 Å². The highest BCUT2D eigenvalue weighted by molar-refractivity contribution is 5.93. The third-order valence-corrected chi connectivity index (χ3v) is 7.65. The summed E-state index contributed by atoms with van der Waals surface area (Å²) in [6.45, 7) is 0. The van der Waals surface area contributed by atoms with Crippen LogP contribution in [-0.2, 0) is 0 Å². The molecule has 0 saturated heterocycles. The third-order valence-electron chi connectivity index (χ3n) is 7.65. The van der Waals surface area contributed by atoms with Crippen LogP contribution in [0.5, 0.6) is 0 Å². The molecule has 7 aromatic rings. The average Bonchev–Trinajstić information content (AvgIpc) is 3.06. The fourth-order valence-electron chi connectivity index (χ4n) is 5.56. The molecule has 0 aliphatic rings. The Morgan fingerprint density at radius 3 is 1.49 bits per heavy atom. The number of para-hydroxylation sites is 1. The Morgan fingerprint density at radius 1 is 0.293 bits per heavy atom. The minimum Gasteiger partial charge on any atom is -0.310 e. The quantitative estimate of drug-likeness (QED) is 0.209. The second kappa shape index (κ2) is 11.0. The molecule has 0 N–H and O–H groups in total. The van der Waals surface area contributed by atoms with Crippen LogP contribution in [0.15, 0.2) is 176 Å². The van der Waals surface area contributed by atoms with Crippen molar-refractivity contribution in [3.63, 3.8) is 0 Å². The summed E-state index contributed by atoms with van der Waals surface area (Å²) in [6, 6.07) is 62.9. The Morgan fingerprint density at radius 2 is 0.780 bits per heavy atom. The Balaban J connectivity index is 1.42. The smallest absolute Gasteiger partial charge is 0.0546 e. The van der Waals surface area contributed by atoms with Crippen LogP contribution in [0.25, 0.3) is 44.2 Å². The van der Waals surface area contributed by atoms with Crippen molar-refractivity contribution in [3.8, 4) is 33.4 Å². The van der Waals surface area contributed by atoms with Gasteiger partial charge in [-0.3, -0.25) is 0 Å². The van der Waals surface area contributed by atoms with Crippen LogP contribution in [0.1, 0.15) is 0 Å². The fraction of sp³-hybridized carbons (Fsp3) is 0. The Bertz CT molecular complexity index is 1910. The SMILES string of the molecule is c1ccc(-c2ccc(N(c3ccccc3)c3cc(-c4ccc5ccccc5c4)ccc3-c3ccccc3)cc2)cc1. The predicted octanol–water partition coefficient (Wildman–Crippen LogP) is 11.3. The first kappa shape index (κ1) is 24.6. The molecule has 0 saturated carbocycles. The van der Waals surface area contributed by atoms with Gasteiger partial charge in [-0.2, -0.15) is 0 Å². The molecule has 1 heteroatoms. The number of benzene rings is 7. The van der Waals surface area contributed by atoms with Crippen molar-refractivity contribution >= 4 is 27.8 Å². The maximum Gasteiger partial charge on any atom is 0.0546 e. The van der Waals surface area contributed by atoms with Crippen molar-refractivity contribution in [1.29, 1.82) is 0 Å². The molecule has 41 heavy (non-hydrogen) atoms. The number of hydrogen-bond donors (Lipinski definition) is 0. The third kappa shape index (κ3) is 5.02. The molecule has 0 bridgehead atoms. The molecule has 7 aromatic carbocycles. The van der Waals surface area contributed by atoms with E-state index >= 15 is 0 Å². The summed E-state index contributed by atoms with van der Waals surface area (Å²) in [4.78, 5) is 2.38. The van der Waals surface area contributed by atoms with E-state index in [2.05, 4.69) is 181 Å². The van der Waals surface area contributed by atoms with Gasteiger partial charge in [-0.25, -0.2) is 0 Å². The normalized spacial score (nSPS) is 10.9. The highest BCUT2D eigenvalue weighted by atomic mass is 15.1. The average molecular weight is 524 g/mol. The topological polar surface area (TPSA) is 3.24 Å². The molecule has 0 aromatic heterocycles. The van der Waals surface area contributed by atoms with E-state index in [1.54, 1.807) is 0 Å². The summed E-state index contributed by atoms with van der Waals surface area (Å²) in [5, 5.41) is 2.50. The first-order valence-electron chi connectivity index (χ1n) is 14.0. The summed E-state index contributed by atoms with van der Waals surface area (Å²) < 4.78 is 0. The van der Waals surface area contributed by atoms with E-state index in [4.69, 9.17) is 0 Å². The van der Waals surface area contributed by atoms with E-state index in [0.717, 1.165) is 17.1 Å². The van der Waals surface area contributed by atoms with Crippen molar-refractivity contribution in [2.75, 3.05) is 4.90 Å². The molecule has 194 valence electrons. The van der Waals surface area contributed by atoms with Gasteiger partial charge in [0.15, 0.2) is 0 Å².